The van der Waals surface area contributed by atoms with Crippen molar-refractivity contribution in [3.63, 3.8) is 0 Å². The lowest BCUT2D eigenvalue weighted by Crippen LogP contribution is -2.46. The Hall–Kier alpha value is -0.910. The summed E-state index contributed by atoms with van der Waals surface area (Å²) in [6.07, 6.45) is 1.35. The smallest absolute Gasteiger partial charge is 0.227 e. The SMILES string of the molecule is NCCC1CN(C(=O)Cc2ccc(Br)cc2)CCO1. The van der Waals surface area contributed by atoms with Gasteiger partial charge in [-0.2, -0.15) is 0 Å². The van der Waals surface area contributed by atoms with Gasteiger partial charge in [0.15, 0.2) is 0 Å². The highest BCUT2D eigenvalue weighted by Crippen LogP contribution is 2.13. The van der Waals surface area contributed by atoms with Crippen LogP contribution < -0.4 is 5.73 Å². The molecule has 1 atom stereocenters. The van der Waals surface area contributed by atoms with Crippen molar-refractivity contribution in [3.8, 4) is 0 Å². The first-order valence-corrected chi connectivity index (χ1v) is 7.32. The van der Waals surface area contributed by atoms with E-state index < -0.39 is 0 Å². The van der Waals surface area contributed by atoms with Crippen LogP contribution in [-0.4, -0.2) is 43.2 Å². The maximum atomic E-state index is 12.2. The lowest BCUT2D eigenvalue weighted by atomic mass is 10.1. The number of rotatable bonds is 4. The van der Waals surface area contributed by atoms with Crippen LogP contribution in [0.4, 0.5) is 0 Å². The number of halogens is 1. The Morgan fingerprint density at radius 3 is 2.84 bits per heavy atom. The molecule has 1 aromatic carbocycles. The molecule has 2 rings (SSSR count). The fourth-order valence-electron chi connectivity index (χ4n) is 2.20. The molecule has 1 unspecified atom stereocenters. The van der Waals surface area contributed by atoms with Crippen LogP contribution in [0.25, 0.3) is 0 Å². The summed E-state index contributed by atoms with van der Waals surface area (Å²) in [7, 11) is 0. The van der Waals surface area contributed by atoms with Gasteiger partial charge in [0.1, 0.15) is 0 Å². The molecule has 19 heavy (non-hydrogen) atoms. The second-order valence-corrected chi connectivity index (χ2v) is 5.63. The van der Waals surface area contributed by atoms with E-state index in [0.717, 1.165) is 16.5 Å². The van der Waals surface area contributed by atoms with Crippen LogP contribution in [-0.2, 0) is 16.0 Å². The van der Waals surface area contributed by atoms with Crippen molar-refractivity contribution in [1.82, 2.24) is 4.90 Å². The maximum absolute atomic E-state index is 12.2. The minimum Gasteiger partial charge on any atom is -0.374 e. The molecule has 4 nitrogen and oxygen atoms in total. The molecule has 0 radical (unpaired) electrons. The quantitative estimate of drug-likeness (QED) is 0.913. The monoisotopic (exact) mass is 326 g/mol. The molecule has 0 aliphatic carbocycles. The van der Waals surface area contributed by atoms with E-state index in [0.29, 0.717) is 32.7 Å². The van der Waals surface area contributed by atoms with E-state index in [4.69, 9.17) is 10.5 Å². The zero-order valence-electron chi connectivity index (χ0n) is 10.8. The van der Waals surface area contributed by atoms with Crippen LogP contribution in [0, 0.1) is 0 Å². The molecule has 5 heteroatoms. The number of hydrogen-bond donors (Lipinski definition) is 1. The van der Waals surface area contributed by atoms with Crippen LogP contribution in [0.5, 0.6) is 0 Å². The topological polar surface area (TPSA) is 55.6 Å². The van der Waals surface area contributed by atoms with Crippen molar-refractivity contribution < 1.29 is 9.53 Å². The lowest BCUT2D eigenvalue weighted by Gasteiger charge is -2.33. The van der Waals surface area contributed by atoms with Gasteiger partial charge in [0.05, 0.1) is 19.1 Å². The third kappa shape index (κ3) is 4.30. The number of amides is 1. The number of benzene rings is 1. The number of nitrogens with zero attached hydrogens (tertiary/aromatic N) is 1. The van der Waals surface area contributed by atoms with Crippen LogP contribution in [0.3, 0.4) is 0 Å². The molecule has 1 amide bonds. The Labute approximate surface area is 122 Å². The zero-order valence-corrected chi connectivity index (χ0v) is 12.4. The normalized spacial score (nSPS) is 19.5. The molecule has 1 aromatic rings. The van der Waals surface area contributed by atoms with Gasteiger partial charge in [-0.3, -0.25) is 4.79 Å². The molecule has 2 N–H and O–H groups in total. The minimum absolute atomic E-state index is 0.0904. The molecular formula is C14H19BrN2O2. The third-order valence-corrected chi connectivity index (χ3v) is 3.78. The van der Waals surface area contributed by atoms with Crippen molar-refractivity contribution in [2.45, 2.75) is 18.9 Å². The summed E-state index contributed by atoms with van der Waals surface area (Å²) in [4.78, 5) is 14.1. The molecular weight excluding hydrogens is 308 g/mol. The highest BCUT2D eigenvalue weighted by atomic mass is 79.9. The van der Waals surface area contributed by atoms with E-state index in [9.17, 15) is 4.79 Å². The lowest BCUT2D eigenvalue weighted by molar-refractivity contribution is -0.138. The van der Waals surface area contributed by atoms with Crippen molar-refractivity contribution in [3.05, 3.63) is 34.3 Å². The molecule has 0 aromatic heterocycles. The number of nitrogens with two attached hydrogens (primary N) is 1. The molecule has 0 bridgehead atoms. The van der Waals surface area contributed by atoms with Gasteiger partial charge in [-0.05, 0) is 30.7 Å². The molecule has 0 spiro atoms. The average Bonchev–Trinajstić information content (AvgIpc) is 2.42. The maximum Gasteiger partial charge on any atom is 0.227 e. The summed E-state index contributed by atoms with van der Waals surface area (Å²) < 4.78 is 6.61. The second kappa shape index (κ2) is 7.03. The summed E-state index contributed by atoms with van der Waals surface area (Å²) in [5.74, 6) is 0.160. The highest BCUT2D eigenvalue weighted by Gasteiger charge is 2.23. The minimum atomic E-state index is 0.0904. The van der Waals surface area contributed by atoms with Crippen LogP contribution in [0.1, 0.15) is 12.0 Å². The first-order chi connectivity index (χ1) is 9.19. The first kappa shape index (κ1) is 14.5. The Bertz CT molecular complexity index is 420. The van der Waals surface area contributed by atoms with Gasteiger partial charge in [0, 0.05) is 17.6 Å². The molecule has 104 valence electrons. The average molecular weight is 327 g/mol. The zero-order chi connectivity index (χ0) is 13.7. The summed E-state index contributed by atoms with van der Waals surface area (Å²) in [5, 5.41) is 0. The number of carbonyl (C=O) groups excluding carboxylic acids is 1. The summed E-state index contributed by atoms with van der Waals surface area (Å²) in [5.41, 5.74) is 6.57. The van der Waals surface area contributed by atoms with Gasteiger partial charge in [0.25, 0.3) is 0 Å². The largest absolute Gasteiger partial charge is 0.374 e. The van der Waals surface area contributed by atoms with E-state index in [-0.39, 0.29) is 12.0 Å². The highest BCUT2D eigenvalue weighted by molar-refractivity contribution is 9.10. The Morgan fingerprint density at radius 1 is 1.42 bits per heavy atom. The number of carbonyl (C=O) groups is 1. The second-order valence-electron chi connectivity index (χ2n) is 4.71. The number of morpholine rings is 1. The van der Waals surface area contributed by atoms with E-state index >= 15 is 0 Å². The van der Waals surface area contributed by atoms with Crippen LogP contribution in [0.2, 0.25) is 0 Å². The van der Waals surface area contributed by atoms with Gasteiger partial charge in [-0.1, -0.05) is 28.1 Å². The van der Waals surface area contributed by atoms with Crippen molar-refractivity contribution in [2.24, 2.45) is 5.73 Å². The van der Waals surface area contributed by atoms with E-state index in [1.165, 1.54) is 0 Å². The molecule has 1 aliphatic rings. The number of hydrogen-bond acceptors (Lipinski definition) is 3. The van der Waals surface area contributed by atoms with Gasteiger partial charge >= 0.3 is 0 Å². The van der Waals surface area contributed by atoms with Gasteiger partial charge in [0.2, 0.25) is 5.91 Å². The molecule has 1 heterocycles. The third-order valence-electron chi connectivity index (χ3n) is 3.25. The number of ether oxygens (including phenoxy) is 1. The van der Waals surface area contributed by atoms with Gasteiger partial charge in [-0.15, -0.1) is 0 Å². The fraction of sp³-hybridized carbons (Fsp3) is 0.500. The standard InChI is InChI=1S/C14H19BrN2O2/c15-12-3-1-11(2-4-12)9-14(18)17-7-8-19-13(10-17)5-6-16/h1-4,13H,5-10,16H2. The Balaban J connectivity index is 1.90. The summed E-state index contributed by atoms with van der Waals surface area (Å²) in [6, 6.07) is 7.86. The molecule has 1 saturated heterocycles. The summed E-state index contributed by atoms with van der Waals surface area (Å²) >= 11 is 3.39. The predicted octanol–water partition coefficient (Wildman–Crippen LogP) is 1.57. The molecule has 1 fully saturated rings. The van der Waals surface area contributed by atoms with Crippen molar-refractivity contribution in [1.29, 1.82) is 0 Å². The van der Waals surface area contributed by atoms with E-state index in [2.05, 4.69) is 15.9 Å². The van der Waals surface area contributed by atoms with Gasteiger partial charge < -0.3 is 15.4 Å². The predicted molar refractivity (Wildman–Crippen MR) is 77.8 cm³/mol. The summed E-state index contributed by atoms with van der Waals surface area (Å²) in [6.45, 7) is 2.54. The Kier molecular flexibility index (Phi) is 5.36. The fourth-order valence-corrected chi connectivity index (χ4v) is 2.46. The van der Waals surface area contributed by atoms with Crippen LogP contribution >= 0.6 is 15.9 Å². The van der Waals surface area contributed by atoms with Crippen molar-refractivity contribution in [2.75, 3.05) is 26.2 Å². The Morgan fingerprint density at radius 2 is 2.16 bits per heavy atom. The van der Waals surface area contributed by atoms with Gasteiger partial charge in [-0.25, -0.2) is 0 Å². The van der Waals surface area contributed by atoms with Crippen LogP contribution in [0.15, 0.2) is 28.7 Å². The molecule has 0 saturated carbocycles. The van der Waals surface area contributed by atoms with Crippen molar-refractivity contribution >= 4 is 21.8 Å². The van der Waals surface area contributed by atoms with E-state index in [1.807, 2.05) is 29.2 Å². The van der Waals surface area contributed by atoms with E-state index in [1.54, 1.807) is 0 Å². The first-order valence-electron chi connectivity index (χ1n) is 6.53. The molecule has 1 aliphatic heterocycles.